The van der Waals surface area contributed by atoms with Crippen molar-refractivity contribution in [1.29, 1.82) is 0 Å². The van der Waals surface area contributed by atoms with Crippen molar-refractivity contribution >= 4 is 29.2 Å². The molecule has 1 atom stereocenters. The molecule has 144 valence electrons. The summed E-state index contributed by atoms with van der Waals surface area (Å²) in [4.78, 5) is 25.0. The molecular formula is C20H20N4O3S. The molecule has 2 aromatic carbocycles. The molecular weight excluding hydrogens is 376 g/mol. The Labute approximate surface area is 166 Å². The van der Waals surface area contributed by atoms with Crippen LogP contribution in [0.5, 0.6) is 0 Å². The molecule has 0 aliphatic heterocycles. The largest absolute Gasteiger partial charge is 0.390 e. The summed E-state index contributed by atoms with van der Waals surface area (Å²) < 4.78 is 1.49. The van der Waals surface area contributed by atoms with Gasteiger partial charge in [-0.15, -0.1) is 0 Å². The Morgan fingerprint density at radius 1 is 1.21 bits per heavy atom. The number of carbonyl (C=O) groups is 1. The quantitative estimate of drug-likeness (QED) is 0.468. The number of nitrogens with one attached hydrogen (secondary N) is 1. The molecule has 0 radical (unpaired) electrons. The molecule has 0 spiro atoms. The van der Waals surface area contributed by atoms with E-state index in [4.69, 9.17) is 0 Å². The minimum atomic E-state index is -0.536. The van der Waals surface area contributed by atoms with Crippen molar-refractivity contribution in [3.63, 3.8) is 0 Å². The Balaban J connectivity index is 1.70. The van der Waals surface area contributed by atoms with Crippen LogP contribution in [-0.2, 0) is 11.3 Å². The highest BCUT2D eigenvalue weighted by Gasteiger charge is 2.21. The average molecular weight is 396 g/mol. The first-order valence-electron chi connectivity index (χ1n) is 8.75. The highest BCUT2D eigenvalue weighted by molar-refractivity contribution is 7.99. The second kappa shape index (κ2) is 8.71. The molecule has 1 aromatic heterocycles. The molecule has 1 unspecified atom stereocenters. The van der Waals surface area contributed by atoms with Gasteiger partial charge in [0.05, 0.1) is 35.0 Å². The van der Waals surface area contributed by atoms with E-state index in [0.717, 1.165) is 15.5 Å². The third-order valence-electron chi connectivity index (χ3n) is 4.17. The number of nitro groups is 1. The summed E-state index contributed by atoms with van der Waals surface area (Å²) in [6.07, 6.45) is 0. The number of amides is 1. The van der Waals surface area contributed by atoms with Gasteiger partial charge in [0.25, 0.3) is 0 Å². The van der Waals surface area contributed by atoms with E-state index < -0.39 is 10.8 Å². The van der Waals surface area contributed by atoms with Gasteiger partial charge in [0.15, 0.2) is 0 Å². The van der Waals surface area contributed by atoms with Crippen molar-refractivity contribution in [3.8, 4) is 0 Å². The Morgan fingerprint density at radius 3 is 2.57 bits per heavy atom. The van der Waals surface area contributed by atoms with E-state index in [2.05, 4.69) is 10.4 Å². The zero-order valence-corrected chi connectivity index (χ0v) is 16.3. The minimum Gasteiger partial charge on any atom is -0.358 e. The predicted molar refractivity (Wildman–Crippen MR) is 108 cm³/mol. The van der Waals surface area contributed by atoms with Crippen LogP contribution in [-0.4, -0.2) is 20.6 Å². The highest BCUT2D eigenvalue weighted by Crippen LogP contribution is 2.33. The van der Waals surface area contributed by atoms with E-state index >= 15 is 0 Å². The van der Waals surface area contributed by atoms with E-state index in [-0.39, 0.29) is 18.3 Å². The molecule has 28 heavy (non-hydrogen) atoms. The second-order valence-electron chi connectivity index (χ2n) is 6.38. The third kappa shape index (κ3) is 4.77. The van der Waals surface area contributed by atoms with Crippen LogP contribution < -0.4 is 5.32 Å². The fraction of sp³-hybridized carbons (Fsp3) is 0.200. The van der Waals surface area contributed by atoms with Crippen molar-refractivity contribution in [3.05, 3.63) is 76.5 Å². The number of aryl methyl sites for hydroxylation is 1. The van der Waals surface area contributed by atoms with Gasteiger partial charge in [0.1, 0.15) is 0 Å². The standard InChI is InChI=1S/C20H20N4O3S/c1-14(13-23-15(2)12-19(22-23)24(26)27)20(25)21-17-10-6-7-11-18(17)28-16-8-4-3-5-9-16/h3-12,14H,13H2,1-2H3,(H,21,25). The number of nitrogens with zero attached hydrogens (tertiary/aromatic N) is 3. The first-order chi connectivity index (χ1) is 13.4. The molecule has 3 rings (SSSR count). The summed E-state index contributed by atoms with van der Waals surface area (Å²) in [6, 6.07) is 18.9. The molecule has 7 nitrogen and oxygen atoms in total. The van der Waals surface area contributed by atoms with Crippen molar-refractivity contribution < 1.29 is 9.72 Å². The summed E-state index contributed by atoms with van der Waals surface area (Å²) in [7, 11) is 0. The van der Waals surface area contributed by atoms with Crippen LogP contribution in [0, 0.1) is 23.0 Å². The van der Waals surface area contributed by atoms with Crippen LogP contribution in [0.1, 0.15) is 12.6 Å². The van der Waals surface area contributed by atoms with Gasteiger partial charge < -0.3 is 15.4 Å². The van der Waals surface area contributed by atoms with E-state index in [9.17, 15) is 14.9 Å². The topological polar surface area (TPSA) is 90.1 Å². The van der Waals surface area contributed by atoms with Gasteiger partial charge in [-0.2, -0.15) is 4.68 Å². The normalized spacial score (nSPS) is 11.8. The molecule has 1 heterocycles. The van der Waals surface area contributed by atoms with Gasteiger partial charge in [-0.25, -0.2) is 0 Å². The molecule has 0 aliphatic carbocycles. The van der Waals surface area contributed by atoms with Crippen LogP contribution in [0.4, 0.5) is 11.5 Å². The maximum Gasteiger partial charge on any atom is 0.390 e. The number of carbonyl (C=O) groups excluding carboxylic acids is 1. The second-order valence-corrected chi connectivity index (χ2v) is 7.50. The van der Waals surface area contributed by atoms with E-state index in [1.165, 1.54) is 10.7 Å². The molecule has 3 aromatic rings. The van der Waals surface area contributed by atoms with Crippen molar-refractivity contribution in [2.45, 2.75) is 30.2 Å². The van der Waals surface area contributed by atoms with Crippen molar-refractivity contribution in [2.75, 3.05) is 5.32 Å². The van der Waals surface area contributed by atoms with Crippen LogP contribution in [0.15, 0.2) is 70.5 Å². The lowest BCUT2D eigenvalue weighted by Gasteiger charge is -2.14. The molecule has 0 fully saturated rings. The van der Waals surface area contributed by atoms with Crippen LogP contribution in [0.25, 0.3) is 0 Å². The first-order valence-corrected chi connectivity index (χ1v) is 9.57. The van der Waals surface area contributed by atoms with Gasteiger partial charge in [-0.05, 0) is 36.1 Å². The Kier molecular flexibility index (Phi) is 6.10. The lowest BCUT2D eigenvalue weighted by atomic mass is 10.1. The van der Waals surface area contributed by atoms with Gasteiger partial charge in [-0.3, -0.25) is 4.79 Å². The van der Waals surface area contributed by atoms with Crippen LogP contribution >= 0.6 is 11.8 Å². The monoisotopic (exact) mass is 396 g/mol. The maximum atomic E-state index is 12.7. The fourth-order valence-electron chi connectivity index (χ4n) is 2.64. The fourth-order valence-corrected chi connectivity index (χ4v) is 3.56. The SMILES string of the molecule is Cc1cc([N+](=O)[O-])nn1CC(C)C(=O)Nc1ccccc1Sc1ccccc1. The van der Waals surface area contributed by atoms with Crippen LogP contribution in [0.3, 0.4) is 0 Å². The Morgan fingerprint density at radius 2 is 1.89 bits per heavy atom. The van der Waals surface area contributed by atoms with Crippen LogP contribution in [0.2, 0.25) is 0 Å². The summed E-state index contributed by atoms with van der Waals surface area (Å²) in [6.45, 7) is 3.77. The smallest absolute Gasteiger partial charge is 0.358 e. The lowest BCUT2D eigenvalue weighted by Crippen LogP contribution is -2.25. The van der Waals surface area contributed by atoms with Crippen molar-refractivity contribution in [1.82, 2.24) is 9.78 Å². The number of aromatic nitrogens is 2. The average Bonchev–Trinajstić information content (AvgIpc) is 3.05. The third-order valence-corrected chi connectivity index (χ3v) is 5.25. The van der Waals surface area contributed by atoms with E-state index in [0.29, 0.717) is 5.69 Å². The van der Waals surface area contributed by atoms with Crippen molar-refractivity contribution in [2.24, 2.45) is 5.92 Å². The van der Waals surface area contributed by atoms with Gasteiger partial charge in [0, 0.05) is 9.79 Å². The predicted octanol–water partition coefficient (Wildman–Crippen LogP) is 4.53. The number of hydrogen-bond donors (Lipinski definition) is 1. The maximum absolute atomic E-state index is 12.7. The molecule has 0 aliphatic rings. The summed E-state index contributed by atoms with van der Waals surface area (Å²) in [5.74, 6) is -0.790. The number of para-hydroxylation sites is 1. The van der Waals surface area contributed by atoms with Gasteiger partial charge in [0.2, 0.25) is 5.91 Å². The zero-order chi connectivity index (χ0) is 20.1. The summed E-state index contributed by atoms with van der Waals surface area (Å²) >= 11 is 1.57. The molecule has 1 N–H and O–H groups in total. The van der Waals surface area contributed by atoms with Gasteiger partial charge >= 0.3 is 5.82 Å². The van der Waals surface area contributed by atoms with E-state index in [1.54, 1.807) is 25.6 Å². The molecule has 1 amide bonds. The number of rotatable bonds is 7. The summed E-state index contributed by atoms with van der Waals surface area (Å²) in [5.41, 5.74) is 1.38. The molecule has 0 saturated carbocycles. The Bertz CT molecular complexity index is 988. The number of benzene rings is 2. The number of hydrogen-bond acceptors (Lipinski definition) is 5. The molecule has 0 bridgehead atoms. The first kappa shape index (κ1) is 19.6. The Hall–Kier alpha value is -3.13. The highest BCUT2D eigenvalue weighted by atomic mass is 32.2. The zero-order valence-electron chi connectivity index (χ0n) is 15.5. The molecule has 0 saturated heterocycles. The minimum absolute atomic E-state index is 0.168. The summed E-state index contributed by atoms with van der Waals surface area (Å²) in [5, 5.41) is 17.8. The van der Waals surface area contributed by atoms with E-state index in [1.807, 2.05) is 54.6 Å². The molecule has 8 heteroatoms. The lowest BCUT2D eigenvalue weighted by molar-refractivity contribution is -0.389. The van der Waals surface area contributed by atoms with Gasteiger partial charge in [-0.1, -0.05) is 49.0 Å². The number of anilines is 1.